The fourth-order valence-corrected chi connectivity index (χ4v) is 1.48. The highest BCUT2D eigenvalue weighted by atomic mass is 79.9. The molecule has 1 heterocycles. The normalized spacial score (nSPS) is 10.8. The maximum absolute atomic E-state index is 12.4. The van der Waals surface area contributed by atoms with Crippen LogP contribution in [-0.4, -0.2) is 4.98 Å². The monoisotopic (exact) mass is 251 g/mol. The van der Waals surface area contributed by atoms with Crippen LogP contribution in [0.2, 0.25) is 0 Å². The van der Waals surface area contributed by atoms with E-state index >= 15 is 0 Å². The van der Waals surface area contributed by atoms with E-state index in [2.05, 4.69) is 20.9 Å². The minimum atomic E-state index is -2.64. The zero-order valence-electron chi connectivity index (χ0n) is 6.60. The van der Waals surface area contributed by atoms with Crippen molar-refractivity contribution in [1.29, 1.82) is 0 Å². The maximum Gasteiger partial charge on any atom is 0.267 e. The zero-order chi connectivity index (χ0) is 10.0. The van der Waals surface area contributed by atoms with Crippen LogP contribution in [-0.2, 0) is 6.54 Å². The van der Waals surface area contributed by atoms with Crippen LogP contribution in [0.15, 0.2) is 10.7 Å². The Labute approximate surface area is 82.3 Å². The molecule has 13 heavy (non-hydrogen) atoms. The van der Waals surface area contributed by atoms with E-state index in [0.29, 0.717) is 10.2 Å². The summed E-state index contributed by atoms with van der Waals surface area (Å²) in [5.41, 5.74) is 10.7. The molecule has 0 saturated carbocycles. The third-order valence-corrected chi connectivity index (χ3v) is 1.99. The largest absolute Gasteiger partial charge is 0.383 e. The van der Waals surface area contributed by atoms with Crippen molar-refractivity contribution in [3.05, 3.63) is 21.8 Å². The molecule has 0 spiro atoms. The van der Waals surface area contributed by atoms with Gasteiger partial charge in [0.25, 0.3) is 6.43 Å². The molecule has 1 aromatic rings. The minimum absolute atomic E-state index is 0.0188. The molecule has 0 saturated heterocycles. The molecule has 0 unspecified atom stereocenters. The van der Waals surface area contributed by atoms with E-state index in [1.165, 1.54) is 6.07 Å². The first-order valence-electron chi connectivity index (χ1n) is 3.49. The van der Waals surface area contributed by atoms with E-state index in [-0.39, 0.29) is 17.9 Å². The predicted molar refractivity (Wildman–Crippen MR) is 49.2 cm³/mol. The van der Waals surface area contributed by atoms with Gasteiger partial charge in [0, 0.05) is 6.54 Å². The Morgan fingerprint density at radius 1 is 1.54 bits per heavy atom. The smallest absolute Gasteiger partial charge is 0.267 e. The first-order valence-corrected chi connectivity index (χ1v) is 4.28. The number of hydrogen-bond donors (Lipinski definition) is 2. The summed E-state index contributed by atoms with van der Waals surface area (Å²) < 4.78 is 25.2. The van der Waals surface area contributed by atoms with Crippen LogP contribution in [0, 0.1) is 0 Å². The summed E-state index contributed by atoms with van der Waals surface area (Å²) in [7, 11) is 0. The lowest BCUT2D eigenvalue weighted by atomic mass is 10.1. The number of nitrogens with zero attached hydrogens (tertiary/aromatic N) is 1. The number of aromatic nitrogens is 1. The number of alkyl halides is 2. The van der Waals surface area contributed by atoms with Crippen LogP contribution in [0.25, 0.3) is 0 Å². The Balaban J connectivity index is 3.30. The highest BCUT2D eigenvalue weighted by Crippen LogP contribution is 2.29. The summed E-state index contributed by atoms with van der Waals surface area (Å²) >= 11 is 3.05. The average Bonchev–Trinajstić information content (AvgIpc) is 2.01. The van der Waals surface area contributed by atoms with Crippen molar-refractivity contribution in [3.8, 4) is 0 Å². The molecule has 1 aromatic heterocycles. The van der Waals surface area contributed by atoms with Crippen LogP contribution in [0.5, 0.6) is 0 Å². The molecule has 0 radical (unpaired) electrons. The van der Waals surface area contributed by atoms with E-state index in [4.69, 9.17) is 11.5 Å². The summed E-state index contributed by atoms with van der Waals surface area (Å²) in [4.78, 5) is 3.66. The Bertz CT molecular complexity index is 317. The van der Waals surface area contributed by atoms with Gasteiger partial charge in [-0.1, -0.05) is 0 Å². The van der Waals surface area contributed by atoms with Gasteiger partial charge in [0.2, 0.25) is 0 Å². The van der Waals surface area contributed by atoms with Gasteiger partial charge in [-0.2, -0.15) is 0 Å². The van der Waals surface area contributed by atoms with E-state index in [1.54, 1.807) is 0 Å². The van der Waals surface area contributed by atoms with E-state index in [9.17, 15) is 8.78 Å². The van der Waals surface area contributed by atoms with Gasteiger partial charge in [0.1, 0.15) is 10.4 Å². The summed E-state index contributed by atoms with van der Waals surface area (Å²) in [6, 6.07) is 1.44. The summed E-state index contributed by atoms with van der Waals surface area (Å²) in [5.74, 6) is -0.176. The first kappa shape index (κ1) is 10.3. The Hall–Kier alpha value is -0.750. The zero-order valence-corrected chi connectivity index (χ0v) is 8.18. The number of nitrogen functional groups attached to an aromatic ring is 1. The Kier molecular flexibility index (Phi) is 3.16. The Morgan fingerprint density at radius 3 is 2.62 bits per heavy atom. The van der Waals surface area contributed by atoms with E-state index in [0.717, 1.165) is 0 Å². The van der Waals surface area contributed by atoms with Gasteiger partial charge in [-0.25, -0.2) is 13.8 Å². The Morgan fingerprint density at radius 2 is 2.15 bits per heavy atom. The van der Waals surface area contributed by atoms with Crippen LogP contribution >= 0.6 is 15.9 Å². The molecule has 0 bridgehead atoms. The second-order valence-corrected chi connectivity index (χ2v) is 3.22. The molecule has 3 nitrogen and oxygen atoms in total. The molecule has 0 aromatic carbocycles. The van der Waals surface area contributed by atoms with Gasteiger partial charge >= 0.3 is 0 Å². The minimum Gasteiger partial charge on any atom is -0.383 e. The molecular weight excluding hydrogens is 244 g/mol. The quantitative estimate of drug-likeness (QED) is 0.789. The van der Waals surface area contributed by atoms with Crippen molar-refractivity contribution in [3.63, 3.8) is 0 Å². The molecular formula is C7H8BrF2N3. The standard InChI is InChI=1S/C7H8BrF2N3/c8-4-1-3(2-11)5(6(9)10)7(12)13-4/h1,6H,2,11H2,(H2,12,13). The lowest BCUT2D eigenvalue weighted by Gasteiger charge is -2.09. The van der Waals surface area contributed by atoms with Gasteiger partial charge < -0.3 is 11.5 Å². The summed E-state index contributed by atoms with van der Waals surface area (Å²) in [6.07, 6.45) is -2.64. The second-order valence-electron chi connectivity index (χ2n) is 2.41. The van der Waals surface area contributed by atoms with E-state index in [1.807, 2.05) is 0 Å². The van der Waals surface area contributed by atoms with Crippen molar-refractivity contribution < 1.29 is 8.78 Å². The molecule has 1 rings (SSSR count). The van der Waals surface area contributed by atoms with Crippen LogP contribution in [0.4, 0.5) is 14.6 Å². The molecule has 0 aliphatic rings. The SMILES string of the molecule is NCc1cc(Br)nc(N)c1C(F)F. The molecule has 6 heteroatoms. The fourth-order valence-electron chi connectivity index (χ4n) is 1.01. The maximum atomic E-state index is 12.4. The van der Waals surface area contributed by atoms with Crippen molar-refractivity contribution >= 4 is 21.7 Å². The van der Waals surface area contributed by atoms with E-state index < -0.39 is 6.43 Å². The first-order chi connectivity index (χ1) is 6.06. The van der Waals surface area contributed by atoms with Crippen LogP contribution < -0.4 is 11.5 Å². The molecule has 4 N–H and O–H groups in total. The molecule has 0 fully saturated rings. The molecule has 72 valence electrons. The lowest BCUT2D eigenvalue weighted by molar-refractivity contribution is 0.150. The number of rotatable bonds is 2. The van der Waals surface area contributed by atoms with Crippen LogP contribution in [0.1, 0.15) is 17.6 Å². The second kappa shape index (κ2) is 3.97. The number of nitrogens with two attached hydrogens (primary N) is 2. The van der Waals surface area contributed by atoms with Gasteiger partial charge in [-0.3, -0.25) is 0 Å². The number of halogens is 3. The third kappa shape index (κ3) is 2.13. The highest BCUT2D eigenvalue weighted by molar-refractivity contribution is 9.10. The molecule has 0 aliphatic heterocycles. The van der Waals surface area contributed by atoms with Crippen molar-refractivity contribution in [2.75, 3.05) is 5.73 Å². The molecule has 0 atom stereocenters. The number of hydrogen-bond acceptors (Lipinski definition) is 3. The number of anilines is 1. The van der Waals surface area contributed by atoms with Crippen LogP contribution in [0.3, 0.4) is 0 Å². The van der Waals surface area contributed by atoms with Gasteiger partial charge in [0.15, 0.2) is 0 Å². The van der Waals surface area contributed by atoms with Gasteiger partial charge in [-0.05, 0) is 27.6 Å². The third-order valence-electron chi connectivity index (χ3n) is 1.58. The lowest BCUT2D eigenvalue weighted by Crippen LogP contribution is -2.07. The predicted octanol–water partition coefficient (Wildman–Crippen LogP) is 1.82. The summed E-state index contributed by atoms with van der Waals surface area (Å²) in [5, 5.41) is 0. The highest BCUT2D eigenvalue weighted by Gasteiger charge is 2.17. The van der Waals surface area contributed by atoms with Crippen molar-refractivity contribution in [2.45, 2.75) is 13.0 Å². The average molecular weight is 252 g/mol. The topological polar surface area (TPSA) is 64.9 Å². The van der Waals surface area contributed by atoms with Gasteiger partial charge in [-0.15, -0.1) is 0 Å². The summed E-state index contributed by atoms with van der Waals surface area (Å²) in [6.45, 7) is 0.0188. The van der Waals surface area contributed by atoms with Gasteiger partial charge in [0.05, 0.1) is 5.56 Å². The van der Waals surface area contributed by atoms with Crippen molar-refractivity contribution in [1.82, 2.24) is 4.98 Å². The number of pyridine rings is 1. The van der Waals surface area contributed by atoms with Crippen molar-refractivity contribution in [2.24, 2.45) is 5.73 Å². The fraction of sp³-hybridized carbons (Fsp3) is 0.286. The molecule has 0 aliphatic carbocycles. The molecule has 0 amide bonds.